The Morgan fingerprint density at radius 1 is 1.24 bits per heavy atom. The first-order valence-electron chi connectivity index (χ1n) is 9.89. The van der Waals surface area contributed by atoms with Crippen LogP contribution in [-0.4, -0.2) is 37.6 Å². The summed E-state index contributed by atoms with van der Waals surface area (Å²) in [6, 6.07) is 5.99. The number of carbonyl (C=O) groups excluding carboxylic acids is 3. The van der Waals surface area contributed by atoms with Gasteiger partial charge in [-0.2, -0.15) is 20.7 Å². The van der Waals surface area contributed by atoms with Crippen LogP contribution in [0.2, 0.25) is 0 Å². The van der Waals surface area contributed by atoms with Gasteiger partial charge in [-0.3, -0.25) is 14.4 Å². The van der Waals surface area contributed by atoms with Crippen molar-refractivity contribution in [2.45, 2.75) is 26.8 Å². The number of halogens is 1. The van der Waals surface area contributed by atoms with E-state index in [0.29, 0.717) is 5.69 Å². The second-order valence-electron chi connectivity index (χ2n) is 8.48. The lowest BCUT2D eigenvalue weighted by atomic mass is 9.85. The smallest absolute Gasteiger partial charge is 0.293 e. The molecular formula is C22H22FN7O3. The fourth-order valence-electron chi connectivity index (χ4n) is 3.21. The fourth-order valence-corrected chi connectivity index (χ4v) is 3.21. The number of nitriles is 1. The number of hydrogen-bond acceptors (Lipinski definition) is 6. The Morgan fingerprint density at radius 2 is 1.97 bits per heavy atom. The molecule has 0 aliphatic heterocycles. The Kier molecular flexibility index (Phi) is 6.39. The number of aryl methyl sites for hydroxylation is 1. The Labute approximate surface area is 188 Å². The van der Waals surface area contributed by atoms with Gasteiger partial charge in [0.05, 0.1) is 17.8 Å². The summed E-state index contributed by atoms with van der Waals surface area (Å²) in [6.07, 6.45) is 2.84. The summed E-state index contributed by atoms with van der Waals surface area (Å²) in [5, 5.41) is 24.4. The summed E-state index contributed by atoms with van der Waals surface area (Å²) in [5.41, 5.74) is 0.139. The second kappa shape index (κ2) is 9.04. The molecule has 170 valence electrons. The van der Waals surface area contributed by atoms with Crippen molar-refractivity contribution in [2.24, 2.45) is 12.5 Å². The van der Waals surface area contributed by atoms with Crippen molar-refractivity contribution >= 4 is 23.3 Å². The number of rotatable bonds is 6. The number of anilines is 1. The highest BCUT2D eigenvalue weighted by Gasteiger charge is 2.32. The number of aromatic nitrogens is 4. The summed E-state index contributed by atoms with van der Waals surface area (Å²) < 4.78 is 14.9. The fraction of sp³-hybridized carbons (Fsp3) is 0.273. The predicted octanol–water partition coefficient (Wildman–Crippen LogP) is 2.49. The quantitative estimate of drug-likeness (QED) is 0.388. The van der Waals surface area contributed by atoms with Crippen LogP contribution in [0.5, 0.6) is 0 Å². The van der Waals surface area contributed by atoms with Crippen LogP contribution in [0.3, 0.4) is 0 Å². The molecule has 0 saturated heterocycles. The van der Waals surface area contributed by atoms with Gasteiger partial charge in [0.25, 0.3) is 17.6 Å². The molecule has 33 heavy (non-hydrogen) atoms. The van der Waals surface area contributed by atoms with Crippen molar-refractivity contribution in [2.75, 3.05) is 5.32 Å². The third-order valence-electron chi connectivity index (χ3n) is 4.92. The normalized spacial score (nSPS) is 12.0. The Hall–Kier alpha value is -4.33. The molecule has 0 aliphatic carbocycles. The highest BCUT2D eigenvalue weighted by molar-refractivity contribution is 6.43. The molecule has 3 rings (SSSR count). The van der Waals surface area contributed by atoms with Gasteiger partial charge < -0.3 is 15.2 Å². The van der Waals surface area contributed by atoms with Gasteiger partial charge in [0, 0.05) is 24.5 Å². The first kappa shape index (κ1) is 23.3. The van der Waals surface area contributed by atoms with E-state index in [1.165, 1.54) is 35.2 Å². The number of H-pyrrole nitrogens is 1. The van der Waals surface area contributed by atoms with Gasteiger partial charge in [0.15, 0.2) is 0 Å². The summed E-state index contributed by atoms with van der Waals surface area (Å²) in [5.74, 6) is -2.97. The van der Waals surface area contributed by atoms with E-state index >= 15 is 0 Å². The predicted molar refractivity (Wildman–Crippen MR) is 116 cm³/mol. The number of Topliss-reactive ketones (excluding diaryl/α,β-unsaturated/α-hetero) is 1. The SMILES string of the molecule is Cn1cc(C(=O)C(=O)NC(c2cn[nH]n2)C(C)(C)C)cc1C(=O)Nc1ccc(F)c(C#N)c1. The van der Waals surface area contributed by atoms with Gasteiger partial charge in [-0.1, -0.05) is 20.8 Å². The Morgan fingerprint density at radius 3 is 2.58 bits per heavy atom. The zero-order chi connectivity index (χ0) is 24.3. The number of aromatic amines is 1. The summed E-state index contributed by atoms with van der Waals surface area (Å²) >= 11 is 0. The van der Waals surface area contributed by atoms with Crippen LogP contribution in [0, 0.1) is 22.6 Å². The first-order valence-corrected chi connectivity index (χ1v) is 9.89. The standard InChI is InChI=1S/C22H22FN7O3/c1-22(2,3)19(16-10-25-29-28-16)27-21(33)18(31)13-8-17(30(4)11-13)20(32)26-14-5-6-15(23)12(7-14)9-24/h5-8,10-11,19H,1-4H3,(H,26,32)(H,27,33)(H,25,28,29). The van der Waals surface area contributed by atoms with Gasteiger partial charge in [-0.25, -0.2) is 4.39 Å². The van der Waals surface area contributed by atoms with E-state index in [1.54, 1.807) is 13.1 Å². The van der Waals surface area contributed by atoms with E-state index in [9.17, 15) is 18.8 Å². The van der Waals surface area contributed by atoms with Crippen molar-refractivity contribution in [1.82, 2.24) is 25.3 Å². The molecule has 0 aliphatic rings. The maximum Gasteiger partial charge on any atom is 0.293 e. The van der Waals surface area contributed by atoms with Crippen LogP contribution in [0.25, 0.3) is 0 Å². The number of hydrogen-bond donors (Lipinski definition) is 3. The van der Waals surface area contributed by atoms with E-state index < -0.39 is 34.9 Å². The molecule has 1 unspecified atom stereocenters. The maximum atomic E-state index is 13.5. The molecule has 11 heteroatoms. The van der Waals surface area contributed by atoms with Crippen LogP contribution in [0.1, 0.15) is 58.9 Å². The van der Waals surface area contributed by atoms with E-state index in [-0.39, 0.29) is 22.5 Å². The average molecular weight is 451 g/mol. The molecule has 1 aromatic carbocycles. The molecule has 2 aromatic heterocycles. The highest BCUT2D eigenvalue weighted by Crippen LogP contribution is 2.31. The summed E-state index contributed by atoms with van der Waals surface area (Å²) in [4.78, 5) is 38.1. The van der Waals surface area contributed by atoms with Crippen LogP contribution < -0.4 is 10.6 Å². The van der Waals surface area contributed by atoms with E-state index in [2.05, 4.69) is 26.0 Å². The molecule has 3 aromatic rings. The lowest BCUT2D eigenvalue weighted by Crippen LogP contribution is -2.40. The molecule has 0 bridgehead atoms. The largest absolute Gasteiger partial charge is 0.346 e. The minimum absolute atomic E-state index is 0.0183. The second-order valence-corrected chi connectivity index (χ2v) is 8.48. The number of carbonyl (C=O) groups is 3. The zero-order valence-electron chi connectivity index (χ0n) is 18.4. The third-order valence-corrected chi connectivity index (χ3v) is 4.92. The molecule has 3 N–H and O–H groups in total. The number of benzene rings is 1. The van der Waals surface area contributed by atoms with Gasteiger partial charge in [-0.05, 0) is 29.7 Å². The van der Waals surface area contributed by atoms with Crippen molar-refractivity contribution in [3.05, 3.63) is 65.0 Å². The van der Waals surface area contributed by atoms with E-state index in [0.717, 1.165) is 6.07 Å². The minimum Gasteiger partial charge on any atom is -0.346 e. The van der Waals surface area contributed by atoms with Crippen molar-refractivity contribution < 1.29 is 18.8 Å². The molecular weight excluding hydrogens is 429 g/mol. The van der Waals surface area contributed by atoms with Crippen LogP contribution >= 0.6 is 0 Å². The molecule has 1 atom stereocenters. The van der Waals surface area contributed by atoms with Crippen molar-refractivity contribution in [1.29, 1.82) is 5.26 Å². The Balaban J connectivity index is 1.77. The molecule has 0 radical (unpaired) electrons. The lowest BCUT2D eigenvalue weighted by Gasteiger charge is -2.29. The van der Waals surface area contributed by atoms with Gasteiger partial charge in [-0.15, -0.1) is 0 Å². The molecule has 2 amide bonds. The average Bonchev–Trinajstić information content (AvgIpc) is 3.41. The minimum atomic E-state index is -0.854. The topological polar surface area (TPSA) is 146 Å². The van der Waals surface area contributed by atoms with Gasteiger partial charge in [0.2, 0.25) is 0 Å². The molecule has 2 heterocycles. The van der Waals surface area contributed by atoms with Crippen LogP contribution in [0.15, 0.2) is 36.7 Å². The van der Waals surface area contributed by atoms with Crippen LogP contribution in [-0.2, 0) is 11.8 Å². The number of amides is 2. The molecule has 0 fully saturated rings. The first-order chi connectivity index (χ1) is 15.5. The van der Waals surface area contributed by atoms with E-state index in [1.807, 2.05) is 20.8 Å². The van der Waals surface area contributed by atoms with Gasteiger partial charge >= 0.3 is 0 Å². The number of ketones is 1. The number of nitrogens with zero attached hydrogens (tertiary/aromatic N) is 4. The highest BCUT2D eigenvalue weighted by atomic mass is 19.1. The molecule has 0 saturated carbocycles. The van der Waals surface area contributed by atoms with Gasteiger partial charge in [0.1, 0.15) is 23.3 Å². The Bertz CT molecular complexity index is 1250. The van der Waals surface area contributed by atoms with Crippen molar-refractivity contribution in [3.63, 3.8) is 0 Å². The van der Waals surface area contributed by atoms with E-state index in [4.69, 9.17) is 5.26 Å². The third kappa shape index (κ3) is 5.12. The number of nitrogens with one attached hydrogen (secondary N) is 3. The molecule has 10 nitrogen and oxygen atoms in total. The zero-order valence-corrected chi connectivity index (χ0v) is 18.4. The monoisotopic (exact) mass is 451 g/mol. The summed E-state index contributed by atoms with van der Waals surface area (Å²) in [7, 11) is 1.54. The van der Waals surface area contributed by atoms with Crippen molar-refractivity contribution in [3.8, 4) is 6.07 Å². The maximum absolute atomic E-state index is 13.5. The molecule has 0 spiro atoms. The lowest BCUT2D eigenvalue weighted by molar-refractivity contribution is -0.118. The van der Waals surface area contributed by atoms with Crippen LogP contribution in [0.4, 0.5) is 10.1 Å². The summed E-state index contributed by atoms with van der Waals surface area (Å²) in [6.45, 7) is 5.65.